The highest BCUT2D eigenvalue weighted by Crippen LogP contribution is 2.23. The zero-order chi connectivity index (χ0) is 13.7. The van der Waals surface area contributed by atoms with Crippen molar-refractivity contribution in [3.05, 3.63) is 60.2 Å². The molecule has 0 saturated carbocycles. The van der Waals surface area contributed by atoms with Crippen molar-refractivity contribution in [1.82, 2.24) is 5.32 Å². The van der Waals surface area contributed by atoms with Crippen LogP contribution in [-0.2, 0) is 0 Å². The van der Waals surface area contributed by atoms with Crippen molar-refractivity contribution in [3.63, 3.8) is 0 Å². The van der Waals surface area contributed by atoms with Crippen LogP contribution in [0.1, 0.15) is 17.3 Å². The zero-order valence-corrected chi connectivity index (χ0v) is 11.0. The van der Waals surface area contributed by atoms with Gasteiger partial charge < -0.3 is 11.1 Å². The topological polar surface area (TPSA) is 55.1 Å². The molecule has 0 heterocycles. The molecule has 0 spiro atoms. The fourth-order valence-electron chi connectivity index (χ4n) is 1.91. The van der Waals surface area contributed by atoms with Gasteiger partial charge in [-0.25, -0.2) is 0 Å². The number of nitrogens with one attached hydrogen (secondary N) is 1. The Bertz CT molecular complexity index is 552. The van der Waals surface area contributed by atoms with Crippen molar-refractivity contribution in [1.29, 1.82) is 0 Å². The molecule has 98 valence electrons. The van der Waals surface area contributed by atoms with E-state index in [0.717, 1.165) is 11.1 Å². The van der Waals surface area contributed by atoms with Crippen LogP contribution in [0.15, 0.2) is 54.6 Å². The van der Waals surface area contributed by atoms with Crippen molar-refractivity contribution >= 4 is 5.91 Å². The molecule has 0 unspecified atom stereocenters. The number of hydrogen-bond acceptors (Lipinski definition) is 2. The Labute approximate surface area is 113 Å². The van der Waals surface area contributed by atoms with Crippen molar-refractivity contribution in [2.75, 3.05) is 6.54 Å². The van der Waals surface area contributed by atoms with E-state index >= 15 is 0 Å². The summed E-state index contributed by atoms with van der Waals surface area (Å²) in [6.45, 7) is 2.32. The van der Waals surface area contributed by atoms with Gasteiger partial charge >= 0.3 is 0 Å². The van der Waals surface area contributed by atoms with E-state index in [-0.39, 0.29) is 11.9 Å². The number of hydrogen-bond donors (Lipinski definition) is 2. The van der Waals surface area contributed by atoms with Crippen molar-refractivity contribution in [2.45, 2.75) is 13.0 Å². The lowest BCUT2D eigenvalue weighted by atomic mass is 9.99. The van der Waals surface area contributed by atoms with Gasteiger partial charge in [0.1, 0.15) is 0 Å². The summed E-state index contributed by atoms with van der Waals surface area (Å²) in [5.74, 6) is -0.0857. The maximum Gasteiger partial charge on any atom is 0.252 e. The smallest absolute Gasteiger partial charge is 0.252 e. The average Bonchev–Trinajstić information content (AvgIpc) is 2.48. The highest BCUT2D eigenvalue weighted by molar-refractivity contribution is 6.01. The Morgan fingerprint density at radius 1 is 1.11 bits per heavy atom. The number of carbonyl (C=O) groups excluding carboxylic acids is 1. The van der Waals surface area contributed by atoms with Gasteiger partial charge in [0, 0.05) is 18.2 Å². The molecule has 3 N–H and O–H groups in total. The number of benzene rings is 2. The summed E-state index contributed by atoms with van der Waals surface area (Å²) in [7, 11) is 0. The maximum atomic E-state index is 12.2. The van der Waals surface area contributed by atoms with E-state index < -0.39 is 0 Å². The first-order chi connectivity index (χ1) is 9.22. The molecule has 19 heavy (non-hydrogen) atoms. The van der Waals surface area contributed by atoms with Crippen LogP contribution < -0.4 is 11.1 Å². The van der Waals surface area contributed by atoms with Crippen LogP contribution in [0.3, 0.4) is 0 Å². The number of rotatable bonds is 4. The van der Waals surface area contributed by atoms with Gasteiger partial charge in [-0.15, -0.1) is 0 Å². The molecule has 3 nitrogen and oxygen atoms in total. The van der Waals surface area contributed by atoms with Gasteiger partial charge in [-0.2, -0.15) is 0 Å². The van der Waals surface area contributed by atoms with Crippen LogP contribution >= 0.6 is 0 Å². The molecule has 0 radical (unpaired) electrons. The predicted molar refractivity (Wildman–Crippen MR) is 77.9 cm³/mol. The van der Waals surface area contributed by atoms with E-state index in [4.69, 9.17) is 5.73 Å². The average molecular weight is 254 g/mol. The molecule has 0 saturated heterocycles. The van der Waals surface area contributed by atoms with E-state index in [0.29, 0.717) is 12.1 Å². The molecule has 1 amide bonds. The fraction of sp³-hybridized carbons (Fsp3) is 0.188. The molecule has 0 fully saturated rings. The molecular weight excluding hydrogens is 236 g/mol. The summed E-state index contributed by atoms with van der Waals surface area (Å²) in [5.41, 5.74) is 8.18. The molecule has 0 aliphatic rings. The summed E-state index contributed by atoms with van der Waals surface area (Å²) in [6, 6.07) is 17.5. The molecular formula is C16H18N2O. The zero-order valence-electron chi connectivity index (χ0n) is 11.0. The number of carbonyl (C=O) groups is 1. The van der Waals surface area contributed by atoms with Gasteiger partial charge in [0.2, 0.25) is 0 Å². The van der Waals surface area contributed by atoms with Crippen LogP contribution in [0.5, 0.6) is 0 Å². The number of nitrogens with two attached hydrogens (primary N) is 1. The lowest BCUT2D eigenvalue weighted by molar-refractivity contribution is 0.0942. The van der Waals surface area contributed by atoms with Crippen molar-refractivity contribution in [2.24, 2.45) is 5.73 Å². The van der Waals surface area contributed by atoms with Crippen LogP contribution in [-0.4, -0.2) is 18.5 Å². The van der Waals surface area contributed by atoms with E-state index in [9.17, 15) is 4.79 Å². The Hall–Kier alpha value is -2.13. The van der Waals surface area contributed by atoms with E-state index in [1.54, 1.807) is 0 Å². The highest BCUT2D eigenvalue weighted by Gasteiger charge is 2.13. The monoisotopic (exact) mass is 254 g/mol. The molecule has 0 aliphatic carbocycles. The normalized spacial score (nSPS) is 11.9. The van der Waals surface area contributed by atoms with Gasteiger partial charge in [-0.1, -0.05) is 48.5 Å². The number of amides is 1. The Morgan fingerprint density at radius 2 is 1.74 bits per heavy atom. The first-order valence-electron chi connectivity index (χ1n) is 6.37. The minimum Gasteiger partial charge on any atom is -0.348 e. The van der Waals surface area contributed by atoms with Crippen molar-refractivity contribution in [3.8, 4) is 11.1 Å². The molecule has 3 heteroatoms. The molecule has 2 rings (SSSR count). The molecule has 0 aliphatic heterocycles. The predicted octanol–water partition coefficient (Wildman–Crippen LogP) is 2.43. The largest absolute Gasteiger partial charge is 0.348 e. The summed E-state index contributed by atoms with van der Waals surface area (Å²) < 4.78 is 0. The van der Waals surface area contributed by atoms with Gasteiger partial charge in [0.15, 0.2) is 0 Å². The Balaban J connectivity index is 2.34. The molecule has 0 bridgehead atoms. The summed E-state index contributed by atoms with van der Waals surface area (Å²) in [6.07, 6.45) is 0. The molecule has 2 aromatic rings. The highest BCUT2D eigenvalue weighted by atomic mass is 16.1. The van der Waals surface area contributed by atoms with E-state index in [2.05, 4.69) is 5.32 Å². The van der Waals surface area contributed by atoms with Gasteiger partial charge in [0.25, 0.3) is 5.91 Å². The van der Waals surface area contributed by atoms with Gasteiger partial charge in [0.05, 0.1) is 0 Å². The second-order valence-corrected chi connectivity index (χ2v) is 4.52. The minimum absolute atomic E-state index is 0.0312. The van der Waals surface area contributed by atoms with Crippen LogP contribution in [0, 0.1) is 0 Å². The SMILES string of the molecule is C[C@H](CN)NC(=O)c1ccccc1-c1ccccc1. The van der Waals surface area contributed by atoms with Crippen LogP contribution in [0.4, 0.5) is 0 Å². The molecule has 1 atom stereocenters. The summed E-state index contributed by atoms with van der Waals surface area (Å²) in [4.78, 5) is 12.2. The van der Waals surface area contributed by atoms with Gasteiger partial charge in [-0.05, 0) is 24.1 Å². The molecule has 2 aromatic carbocycles. The Kier molecular flexibility index (Phi) is 4.31. The van der Waals surface area contributed by atoms with E-state index in [1.165, 1.54) is 0 Å². The lowest BCUT2D eigenvalue weighted by Crippen LogP contribution is -2.37. The second-order valence-electron chi connectivity index (χ2n) is 4.52. The second kappa shape index (κ2) is 6.16. The quantitative estimate of drug-likeness (QED) is 0.880. The lowest BCUT2D eigenvalue weighted by Gasteiger charge is -2.14. The standard InChI is InChI=1S/C16H18N2O/c1-12(11-17)18-16(19)15-10-6-5-9-14(15)13-7-3-2-4-8-13/h2-10,12H,11,17H2,1H3,(H,18,19)/t12-/m1/s1. The third-order valence-electron chi connectivity index (χ3n) is 2.99. The maximum absolute atomic E-state index is 12.2. The summed E-state index contributed by atoms with van der Waals surface area (Å²) >= 11 is 0. The van der Waals surface area contributed by atoms with Crippen LogP contribution in [0.2, 0.25) is 0 Å². The molecule has 0 aromatic heterocycles. The fourth-order valence-corrected chi connectivity index (χ4v) is 1.91. The third-order valence-corrected chi connectivity index (χ3v) is 2.99. The minimum atomic E-state index is -0.0857. The first kappa shape index (κ1) is 13.3. The Morgan fingerprint density at radius 3 is 2.42 bits per heavy atom. The van der Waals surface area contributed by atoms with E-state index in [1.807, 2.05) is 61.5 Å². The van der Waals surface area contributed by atoms with Crippen molar-refractivity contribution < 1.29 is 4.79 Å². The van der Waals surface area contributed by atoms with Crippen LogP contribution in [0.25, 0.3) is 11.1 Å². The summed E-state index contributed by atoms with van der Waals surface area (Å²) in [5, 5.41) is 2.89. The first-order valence-corrected chi connectivity index (χ1v) is 6.37. The third kappa shape index (κ3) is 3.20. The van der Waals surface area contributed by atoms with Gasteiger partial charge in [-0.3, -0.25) is 4.79 Å².